The van der Waals surface area contributed by atoms with E-state index in [0.29, 0.717) is 22.8 Å². The van der Waals surface area contributed by atoms with Crippen LogP contribution < -0.4 is 5.32 Å². The summed E-state index contributed by atoms with van der Waals surface area (Å²) in [5.41, 5.74) is 0.904. The van der Waals surface area contributed by atoms with E-state index in [1.165, 1.54) is 51.4 Å². The molecule has 29 heavy (non-hydrogen) atoms. The Kier molecular flexibility index (Phi) is 5.88. The fourth-order valence-corrected chi connectivity index (χ4v) is 9.07. The van der Waals surface area contributed by atoms with Crippen LogP contribution in [0.15, 0.2) is 0 Å². The van der Waals surface area contributed by atoms with Gasteiger partial charge in [0.1, 0.15) is 0 Å². The van der Waals surface area contributed by atoms with Gasteiger partial charge < -0.3 is 5.32 Å². The van der Waals surface area contributed by atoms with Crippen LogP contribution in [0, 0.1) is 52.3 Å². The number of rotatable bonds is 5. The standard InChI is InChI=1S/C27H47NO/c1-17(2)8-7-9-18(3)20-10-11-21-25-19(4)16-23-27(6,15-13-24(29)28-23)22(25)12-14-26(20,21)5/h17-23,25H,7-16H2,1-6H3,(H,28,29)/t18?,19?,20?,21?,22?,23?,25?,26-,27-/m1/s1. The third-order valence-electron chi connectivity index (χ3n) is 10.7. The smallest absolute Gasteiger partial charge is 0.220 e. The number of hydrogen-bond donors (Lipinski definition) is 1. The molecule has 9 atom stereocenters. The first-order chi connectivity index (χ1) is 13.7. The molecule has 1 heterocycles. The second-order valence-electron chi connectivity index (χ2n) is 12.7. The van der Waals surface area contributed by atoms with Crippen LogP contribution >= 0.6 is 0 Å². The average Bonchev–Trinajstić information content (AvgIpc) is 3.00. The van der Waals surface area contributed by atoms with Gasteiger partial charge in [0.15, 0.2) is 0 Å². The highest BCUT2D eigenvalue weighted by molar-refractivity contribution is 5.77. The summed E-state index contributed by atoms with van der Waals surface area (Å²) < 4.78 is 0. The molecule has 0 spiro atoms. The summed E-state index contributed by atoms with van der Waals surface area (Å²) in [5, 5.41) is 3.41. The zero-order valence-electron chi connectivity index (χ0n) is 20.1. The number of hydrogen-bond acceptors (Lipinski definition) is 1. The molecule has 4 aliphatic rings. The van der Waals surface area contributed by atoms with Gasteiger partial charge in [0.25, 0.3) is 0 Å². The van der Waals surface area contributed by atoms with Gasteiger partial charge >= 0.3 is 0 Å². The van der Waals surface area contributed by atoms with E-state index >= 15 is 0 Å². The molecule has 3 saturated carbocycles. The van der Waals surface area contributed by atoms with Gasteiger partial charge in [0.2, 0.25) is 5.91 Å². The highest BCUT2D eigenvalue weighted by Crippen LogP contribution is 2.67. The molecule has 1 saturated heterocycles. The van der Waals surface area contributed by atoms with Crippen LogP contribution in [0.25, 0.3) is 0 Å². The zero-order valence-corrected chi connectivity index (χ0v) is 20.1. The van der Waals surface area contributed by atoms with Crippen LogP contribution in [-0.4, -0.2) is 11.9 Å². The Bertz CT molecular complexity index is 614. The van der Waals surface area contributed by atoms with Crippen molar-refractivity contribution in [2.75, 3.05) is 0 Å². The lowest BCUT2D eigenvalue weighted by molar-refractivity contribution is -0.144. The second-order valence-corrected chi connectivity index (χ2v) is 12.7. The van der Waals surface area contributed by atoms with Crippen molar-refractivity contribution >= 4 is 5.91 Å². The Morgan fingerprint density at radius 2 is 1.72 bits per heavy atom. The number of carbonyl (C=O) groups excluding carboxylic acids is 1. The van der Waals surface area contributed by atoms with Gasteiger partial charge in [-0.3, -0.25) is 4.79 Å². The predicted molar refractivity (Wildman–Crippen MR) is 121 cm³/mol. The molecule has 0 radical (unpaired) electrons. The molecule has 1 amide bonds. The van der Waals surface area contributed by atoms with Crippen molar-refractivity contribution in [1.82, 2.24) is 5.32 Å². The van der Waals surface area contributed by atoms with Crippen LogP contribution in [0.1, 0.15) is 106 Å². The topological polar surface area (TPSA) is 29.1 Å². The van der Waals surface area contributed by atoms with E-state index in [1.54, 1.807) is 0 Å². The molecule has 0 aromatic heterocycles. The summed E-state index contributed by atoms with van der Waals surface area (Å²) in [6, 6.07) is 0.427. The summed E-state index contributed by atoms with van der Waals surface area (Å²) in [6.45, 7) is 15.0. The largest absolute Gasteiger partial charge is 0.353 e. The third kappa shape index (κ3) is 3.59. The van der Waals surface area contributed by atoms with Gasteiger partial charge in [-0.15, -0.1) is 0 Å². The number of fused-ring (bicyclic) bond motifs is 5. The lowest BCUT2D eigenvalue weighted by atomic mass is 9.44. The maximum absolute atomic E-state index is 12.1. The van der Waals surface area contributed by atoms with Crippen molar-refractivity contribution < 1.29 is 4.79 Å². The van der Waals surface area contributed by atoms with Crippen LogP contribution in [0.3, 0.4) is 0 Å². The van der Waals surface area contributed by atoms with Crippen molar-refractivity contribution in [3.8, 4) is 0 Å². The lowest BCUT2D eigenvalue weighted by Crippen LogP contribution is -2.63. The van der Waals surface area contributed by atoms with E-state index in [2.05, 4.69) is 46.9 Å². The highest BCUT2D eigenvalue weighted by atomic mass is 16.1. The van der Waals surface area contributed by atoms with Crippen molar-refractivity contribution in [2.45, 2.75) is 112 Å². The molecule has 0 aromatic rings. The van der Waals surface area contributed by atoms with Crippen molar-refractivity contribution in [2.24, 2.45) is 52.3 Å². The fraction of sp³-hybridized carbons (Fsp3) is 0.963. The number of piperidine rings is 1. The molecule has 0 bridgehead atoms. The Morgan fingerprint density at radius 1 is 1.00 bits per heavy atom. The molecule has 1 N–H and O–H groups in total. The lowest BCUT2D eigenvalue weighted by Gasteiger charge is -2.62. The Labute approximate surface area is 180 Å². The minimum absolute atomic E-state index is 0.301. The fourth-order valence-electron chi connectivity index (χ4n) is 9.07. The molecule has 2 heteroatoms. The van der Waals surface area contributed by atoms with Crippen molar-refractivity contribution in [3.05, 3.63) is 0 Å². The summed E-state index contributed by atoms with van der Waals surface area (Å²) in [6.07, 6.45) is 13.1. The molecule has 2 nitrogen and oxygen atoms in total. The molecule has 3 aliphatic carbocycles. The van der Waals surface area contributed by atoms with Crippen molar-refractivity contribution in [3.63, 3.8) is 0 Å². The summed E-state index contributed by atoms with van der Waals surface area (Å²) in [5.74, 6) is 6.36. The molecule has 1 aliphatic heterocycles. The van der Waals surface area contributed by atoms with E-state index in [1.807, 2.05) is 0 Å². The molecule has 166 valence electrons. The maximum Gasteiger partial charge on any atom is 0.220 e. The first kappa shape index (κ1) is 21.7. The van der Waals surface area contributed by atoms with Crippen LogP contribution in [0.2, 0.25) is 0 Å². The SMILES string of the molecule is CC(C)CCCC(C)C1CCC2C3C(C)CC4NC(=O)CC[C@]4(C)C3CC[C@]12C. The molecule has 7 unspecified atom stereocenters. The number of amides is 1. The van der Waals surface area contributed by atoms with Gasteiger partial charge in [-0.1, -0.05) is 60.8 Å². The van der Waals surface area contributed by atoms with E-state index in [9.17, 15) is 4.79 Å². The summed E-state index contributed by atoms with van der Waals surface area (Å²) >= 11 is 0. The summed E-state index contributed by atoms with van der Waals surface area (Å²) in [4.78, 5) is 12.1. The average molecular weight is 402 g/mol. The Morgan fingerprint density at radius 3 is 2.45 bits per heavy atom. The zero-order chi connectivity index (χ0) is 21.0. The molecular formula is C27H47NO. The molecule has 4 rings (SSSR count). The van der Waals surface area contributed by atoms with Crippen molar-refractivity contribution in [1.29, 1.82) is 0 Å². The van der Waals surface area contributed by atoms with E-state index in [0.717, 1.165) is 54.3 Å². The second kappa shape index (κ2) is 7.86. The monoisotopic (exact) mass is 401 g/mol. The molecule has 0 aromatic carbocycles. The quantitative estimate of drug-likeness (QED) is 0.537. The van der Waals surface area contributed by atoms with Crippen LogP contribution in [0.4, 0.5) is 0 Å². The predicted octanol–water partition coefficient (Wildman–Crippen LogP) is 6.83. The van der Waals surface area contributed by atoms with Gasteiger partial charge in [0, 0.05) is 12.5 Å². The minimum Gasteiger partial charge on any atom is -0.353 e. The van der Waals surface area contributed by atoms with E-state index in [4.69, 9.17) is 0 Å². The Balaban J connectivity index is 1.51. The van der Waals surface area contributed by atoms with Crippen LogP contribution in [0.5, 0.6) is 0 Å². The molecule has 4 fully saturated rings. The van der Waals surface area contributed by atoms with E-state index in [-0.39, 0.29) is 0 Å². The maximum atomic E-state index is 12.1. The first-order valence-electron chi connectivity index (χ1n) is 13.0. The molecular weight excluding hydrogens is 354 g/mol. The van der Waals surface area contributed by atoms with Gasteiger partial charge in [-0.25, -0.2) is 0 Å². The van der Waals surface area contributed by atoms with Gasteiger partial charge in [0.05, 0.1) is 0 Å². The van der Waals surface area contributed by atoms with Crippen LogP contribution in [-0.2, 0) is 4.79 Å². The normalized spacial score (nSPS) is 47.9. The minimum atomic E-state index is 0.301. The highest BCUT2D eigenvalue weighted by Gasteiger charge is 2.62. The summed E-state index contributed by atoms with van der Waals surface area (Å²) in [7, 11) is 0. The van der Waals surface area contributed by atoms with Gasteiger partial charge in [-0.05, 0) is 90.8 Å². The van der Waals surface area contributed by atoms with Gasteiger partial charge in [-0.2, -0.15) is 0 Å². The number of nitrogens with one attached hydrogen (secondary N) is 1. The number of carbonyl (C=O) groups is 1. The first-order valence-corrected chi connectivity index (χ1v) is 13.0. The van der Waals surface area contributed by atoms with E-state index < -0.39 is 0 Å². The third-order valence-corrected chi connectivity index (χ3v) is 10.7. The Hall–Kier alpha value is -0.530.